The van der Waals surface area contributed by atoms with Gasteiger partial charge in [-0.3, -0.25) is 9.59 Å². The minimum atomic E-state index is -0.0428. The van der Waals surface area contributed by atoms with Crippen molar-refractivity contribution in [3.8, 4) is 0 Å². The topological polar surface area (TPSA) is 70.2 Å². The first-order valence-corrected chi connectivity index (χ1v) is 8.95. The molecule has 3 rings (SSSR count). The Kier molecular flexibility index (Phi) is 5.19. The maximum Gasteiger partial charge on any atom is 0.228 e. The average Bonchev–Trinajstić information content (AvgIpc) is 2.94. The second-order valence-electron chi connectivity index (χ2n) is 7.20. The van der Waals surface area contributed by atoms with Gasteiger partial charge in [0, 0.05) is 12.1 Å². The summed E-state index contributed by atoms with van der Waals surface area (Å²) in [6, 6.07) is 5.88. The van der Waals surface area contributed by atoms with E-state index in [2.05, 4.69) is 22.9 Å². The highest BCUT2D eigenvalue weighted by Crippen LogP contribution is 2.27. The molecule has 5 heteroatoms. The van der Waals surface area contributed by atoms with Crippen LogP contribution in [-0.4, -0.2) is 24.9 Å². The van der Waals surface area contributed by atoms with Gasteiger partial charge in [-0.15, -0.1) is 0 Å². The standard InChI is InChI=1S/C19H27N3O2/c1-12(14-5-7-20-8-6-14)9-18(23)21-13(2)15-3-4-17-16(10-15)11-19(24)22-17/h3-4,10,12-14,20H,5-9,11H2,1-2H3,(H,21,23)(H,22,24). The Labute approximate surface area is 143 Å². The number of piperidine rings is 1. The molecule has 0 aromatic heterocycles. The molecule has 2 aliphatic rings. The molecule has 1 aromatic carbocycles. The van der Waals surface area contributed by atoms with Gasteiger partial charge in [0.05, 0.1) is 12.5 Å². The molecule has 2 unspecified atom stereocenters. The molecule has 0 spiro atoms. The molecule has 0 bridgehead atoms. The Hall–Kier alpha value is -1.88. The summed E-state index contributed by atoms with van der Waals surface area (Å²) in [6.45, 7) is 6.32. The lowest BCUT2D eigenvalue weighted by atomic mass is 9.84. The van der Waals surface area contributed by atoms with Gasteiger partial charge in [-0.2, -0.15) is 0 Å². The molecule has 0 radical (unpaired) electrons. The summed E-state index contributed by atoms with van der Waals surface area (Å²) in [7, 11) is 0. The normalized spacial score (nSPS) is 20.2. The van der Waals surface area contributed by atoms with E-state index < -0.39 is 0 Å². The van der Waals surface area contributed by atoms with E-state index in [1.54, 1.807) is 0 Å². The van der Waals surface area contributed by atoms with E-state index in [-0.39, 0.29) is 17.9 Å². The molecular weight excluding hydrogens is 302 g/mol. The van der Waals surface area contributed by atoms with Crippen molar-refractivity contribution in [3.63, 3.8) is 0 Å². The summed E-state index contributed by atoms with van der Waals surface area (Å²) in [5.41, 5.74) is 2.96. The van der Waals surface area contributed by atoms with Crippen LogP contribution in [0.5, 0.6) is 0 Å². The van der Waals surface area contributed by atoms with Gasteiger partial charge in [0.15, 0.2) is 0 Å². The van der Waals surface area contributed by atoms with Gasteiger partial charge >= 0.3 is 0 Å². The van der Waals surface area contributed by atoms with E-state index in [1.165, 1.54) is 0 Å². The van der Waals surface area contributed by atoms with E-state index in [0.717, 1.165) is 42.7 Å². The smallest absolute Gasteiger partial charge is 0.228 e. The first kappa shape index (κ1) is 17.0. The fourth-order valence-corrected chi connectivity index (χ4v) is 3.77. The summed E-state index contributed by atoms with van der Waals surface area (Å²) in [4.78, 5) is 23.8. The third-order valence-electron chi connectivity index (χ3n) is 5.33. The summed E-state index contributed by atoms with van der Waals surface area (Å²) in [6.07, 6.45) is 3.34. The van der Waals surface area contributed by atoms with E-state index in [9.17, 15) is 9.59 Å². The zero-order chi connectivity index (χ0) is 17.1. The molecule has 2 atom stereocenters. The molecule has 2 aliphatic heterocycles. The summed E-state index contributed by atoms with van der Waals surface area (Å²) < 4.78 is 0. The van der Waals surface area contributed by atoms with Crippen molar-refractivity contribution in [2.45, 2.75) is 45.6 Å². The van der Waals surface area contributed by atoms with Crippen LogP contribution in [0.2, 0.25) is 0 Å². The van der Waals surface area contributed by atoms with Gasteiger partial charge in [0.2, 0.25) is 11.8 Å². The number of hydrogen-bond acceptors (Lipinski definition) is 3. The molecule has 130 valence electrons. The number of carbonyl (C=O) groups is 2. The fourth-order valence-electron chi connectivity index (χ4n) is 3.77. The highest BCUT2D eigenvalue weighted by molar-refractivity contribution is 5.99. The number of nitrogens with one attached hydrogen (secondary N) is 3. The predicted molar refractivity (Wildman–Crippen MR) is 94.7 cm³/mol. The molecule has 3 N–H and O–H groups in total. The third kappa shape index (κ3) is 3.96. The number of rotatable bonds is 5. The zero-order valence-electron chi connectivity index (χ0n) is 14.5. The van der Waals surface area contributed by atoms with Gasteiger partial charge < -0.3 is 16.0 Å². The van der Waals surface area contributed by atoms with Gasteiger partial charge in [-0.05, 0) is 61.9 Å². The quantitative estimate of drug-likeness (QED) is 0.777. The van der Waals surface area contributed by atoms with Gasteiger partial charge in [0.25, 0.3) is 0 Å². The molecule has 0 saturated carbocycles. The Balaban J connectivity index is 1.54. The number of fused-ring (bicyclic) bond motifs is 1. The lowest BCUT2D eigenvalue weighted by molar-refractivity contribution is -0.123. The lowest BCUT2D eigenvalue weighted by Gasteiger charge is -2.28. The number of carbonyl (C=O) groups excluding carboxylic acids is 2. The minimum absolute atomic E-state index is 0.0367. The Morgan fingerprint density at radius 2 is 2.04 bits per heavy atom. The van der Waals surface area contributed by atoms with Crippen molar-refractivity contribution in [1.29, 1.82) is 0 Å². The Morgan fingerprint density at radius 3 is 2.79 bits per heavy atom. The maximum atomic E-state index is 12.4. The monoisotopic (exact) mass is 329 g/mol. The number of benzene rings is 1. The van der Waals surface area contributed by atoms with Crippen molar-refractivity contribution in [1.82, 2.24) is 10.6 Å². The largest absolute Gasteiger partial charge is 0.350 e. The fraction of sp³-hybridized carbons (Fsp3) is 0.579. The van der Waals surface area contributed by atoms with Crippen LogP contribution in [0.25, 0.3) is 0 Å². The first-order valence-electron chi connectivity index (χ1n) is 8.95. The summed E-state index contributed by atoms with van der Waals surface area (Å²) in [5.74, 6) is 1.21. The minimum Gasteiger partial charge on any atom is -0.350 e. The average molecular weight is 329 g/mol. The molecular formula is C19H27N3O2. The number of anilines is 1. The van der Waals surface area contributed by atoms with Crippen molar-refractivity contribution in [2.75, 3.05) is 18.4 Å². The highest BCUT2D eigenvalue weighted by Gasteiger charge is 2.23. The van der Waals surface area contributed by atoms with Crippen molar-refractivity contribution >= 4 is 17.5 Å². The molecule has 1 aromatic rings. The van der Waals surface area contributed by atoms with Gasteiger partial charge in [0.1, 0.15) is 0 Å². The summed E-state index contributed by atoms with van der Waals surface area (Å²) in [5, 5.41) is 9.31. The second kappa shape index (κ2) is 7.34. The molecule has 1 saturated heterocycles. The van der Waals surface area contributed by atoms with E-state index >= 15 is 0 Å². The Morgan fingerprint density at radius 1 is 1.29 bits per heavy atom. The maximum absolute atomic E-state index is 12.4. The number of hydrogen-bond donors (Lipinski definition) is 3. The van der Waals surface area contributed by atoms with Gasteiger partial charge in [-0.1, -0.05) is 19.1 Å². The van der Waals surface area contributed by atoms with Crippen molar-refractivity contribution in [2.24, 2.45) is 11.8 Å². The first-order chi connectivity index (χ1) is 11.5. The number of amides is 2. The Bertz CT molecular complexity index is 623. The van der Waals surface area contributed by atoms with Crippen LogP contribution in [0.1, 0.15) is 50.3 Å². The van der Waals surface area contributed by atoms with Crippen LogP contribution in [0.3, 0.4) is 0 Å². The van der Waals surface area contributed by atoms with Crippen LogP contribution in [0, 0.1) is 11.8 Å². The van der Waals surface area contributed by atoms with Crippen molar-refractivity contribution < 1.29 is 9.59 Å². The SMILES string of the molecule is CC(NC(=O)CC(C)C1CCNCC1)c1ccc2c(c1)CC(=O)N2. The van der Waals surface area contributed by atoms with E-state index in [0.29, 0.717) is 24.7 Å². The highest BCUT2D eigenvalue weighted by atomic mass is 16.2. The van der Waals surface area contributed by atoms with Crippen LogP contribution in [0.15, 0.2) is 18.2 Å². The molecule has 2 amide bonds. The molecule has 5 nitrogen and oxygen atoms in total. The second-order valence-corrected chi connectivity index (χ2v) is 7.20. The van der Waals surface area contributed by atoms with Crippen LogP contribution < -0.4 is 16.0 Å². The third-order valence-corrected chi connectivity index (χ3v) is 5.33. The zero-order valence-corrected chi connectivity index (χ0v) is 14.5. The molecule has 1 fully saturated rings. The van der Waals surface area contributed by atoms with Crippen molar-refractivity contribution in [3.05, 3.63) is 29.3 Å². The summed E-state index contributed by atoms with van der Waals surface area (Å²) >= 11 is 0. The molecule has 0 aliphatic carbocycles. The van der Waals surface area contributed by atoms with Crippen LogP contribution in [-0.2, 0) is 16.0 Å². The van der Waals surface area contributed by atoms with Crippen LogP contribution in [0.4, 0.5) is 5.69 Å². The predicted octanol–water partition coefficient (Wildman–Crippen LogP) is 2.38. The van der Waals surface area contributed by atoms with Gasteiger partial charge in [-0.25, -0.2) is 0 Å². The molecule has 24 heavy (non-hydrogen) atoms. The molecule has 2 heterocycles. The van der Waals surface area contributed by atoms with E-state index in [1.807, 2.05) is 25.1 Å². The van der Waals surface area contributed by atoms with E-state index in [4.69, 9.17) is 0 Å². The lowest BCUT2D eigenvalue weighted by Crippen LogP contribution is -2.34. The van der Waals surface area contributed by atoms with Crippen LogP contribution >= 0.6 is 0 Å².